The van der Waals surface area contributed by atoms with Crippen LogP contribution in [0.2, 0.25) is 0 Å². The van der Waals surface area contributed by atoms with Crippen LogP contribution in [-0.2, 0) is 30.6 Å². The molecule has 0 amide bonds. The van der Waals surface area contributed by atoms with Gasteiger partial charge in [0.1, 0.15) is 4.83 Å². The zero-order chi connectivity index (χ0) is 22.3. The summed E-state index contributed by atoms with van der Waals surface area (Å²) in [6.07, 6.45) is 6.26. The molecule has 1 aromatic carbocycles. The van der Waals surface area contributed by atoms with Gasteiger partial charge in [-0.25, -0.2) is 4.98 Å². The number of hydrogen-bond acceptors (Lipinski definition) is 4. The molecule has 3 aromatic rings. The van der Waals surface area contributed by atoms with Crippen molar-refractivity contribution in [3.8, 4) is 0 Å². The lowest BCUT2D eigenvalue weighted by atomic mass is 9.84. The minimum Gasteiger partial charge on any atom is -0.283 e. The van der Waals surface area contributed by atoms with E-state index in [1.165, 1.54) is 45.5 Å². The van der Waals surface area contributed by atoms with Crippen LogP contribution in [0.1, 0.15) is 66.3 Å². The molecule has 164 valence electrons. The van der Waals surface area contributed by atoms with E-state index in [2.05, 4.69) is 53.3 Å². The first-order valence-corrected chi connectivity index (χ1v) is 12.9. The molecule has 0 aliphatic heterocycles. The van der Waals surface area contributed by atoms with Crippen LogP contribution in [0.5, 0.6) is 0 Å². The maximum absolute atomic E-state index is 13.4. The Morgan fingerprint density at radius 1 is 1.19 bits per heavy atom. The van der Waals surface area contributed by atoms with Crippen molar-refractivity contribution in [2.45, 2.75) is 83.2 Å². The topological polar surface area (TPSA) is 34.9 Å². The minimum atomic E-state index is 0.100. The van der Waals surface area contributed by atoms with Crippen molar-refractivity contribution in [1.29, 1.82) is 0 Å². The van der Waals surface area contributed by atoms with Crippen LogP contribution in [0.15, 0.2) is 34.7 Å². The van der Waals surface area contributed by atoms with Gasteiger partial charge in [0.25, 0.3) is 5.56 Å². The summed E-state index contributed by atoms with van der Waals surface area (Å²) in [7, 11) is 0. The fourth-order valence-electron chi connectivity index (χ4n) is 4.41. The fraction of sp³-hybridized carbons (Fsp3) is 0.462. The Kier molecular flexibility index (Phi) is 6.19. The molecule has 0 saturated carbocycles. The second-order valence-electron chi connectivity index (χ2n) is 9.62. The summed E-state index contributed by atoms with van der Waals surface area (Å²) < 4.78 is 1.82. The number of benzene rings is 1. The van der Waals surface area contributed by atoms with Crippen molar-refractivity contribution in [1.82, 2.24) is 9.55 Å². The molecule has 0 unspecified atom stereocenters. The Morgan fingerprint density at radius 2 is 1.87 bits per heavy atom. The Morgan fingerprint density at radius 3 is 2.52 bits per heavy atom. The molecule has 1 aliphatic carbocycles. The molecule has 2 heterocycles. The highest BCUT2D eigenvalue weighted by atomic mass is 32.2. The Hall–Kier alpha value is -1.85. The second-order valence-corrected chi connectivity index (χ2v) is 11.6. The van der Waals surface area contributed by atoms with E-state index in [1.807, 2.05) is 4.57 Å². The Labute approximate surface area is 193 Å². The number of allylic oxidation sites excluding steroid dienone is 1. The average molecular weight is 453 g/mol. The molecule has 1 aliphatic rings. The number of aryl methyl sites for hydroxylation is 4. The van der Waals surface area contributed by atoms with E-state index >= 15 is 0 Å². The maximum Gasteiger partial charge on any atom is 0.263 e. The minimum absolute atomic E-state index is 0.100. The van der Waals surface area contributed by atoms with Crippen molar-refractivity contribution in [2.24, 2.45) is 0 Å². The third-order valence-corrected chi connectivity index (χ3v) is 8.45. The second kappa shape index (κ2) is 8.59. The van der Waals surface area contributed by atoms with Crippen LogP contribution in [-0.4, -0.2) is 9.55 Å². The predicted octanol–water partition coefficient (Wildman–Crippen LogP) is 6.73. The first-order chi connectivity index (χ1) is 14.7. The number of aromatic nitrogens is 2. The van der Waals surface area contributed by atoms with Crippen molar-refractivity contribution in [2.75, 3.05) is 0 Å². The van der Waals surface area contributed by atoms with Crippen molar-refractivity contribution >= 4 is 33.3 Å². The lowest BCUT2D eigenvalue weighted by Crippen LogP contribution is -2.23. The molecule has 0 saturated heterocycles. The van der Waals surface area contributed by atoms with Crippen LogP contribution in [0.25, 0.3) is 10.2 Å². The van der Waals surface area contributed by atoms with E-state index in [0.717, 1.165) is 34.0 Å². The first kappa shape index (κ1) is 22.3. The third kappa shape index (κ3) is 4.27. The average Bonchev–Trinajstić information content (AvgIpc) is 3.07. The first-order valence-electron chi connectivity index (χ1n) is 11.1. The van der Waals surface area contributed by atoms with E-state index in [4.69, 9.17) is 4.98 Å². The lowest BCUT2D eigenvalue weighted by Gasteiger charge is -2.22. The van der Waals surface area contributed by atoms with Gasteiger partial charge in [-0.3, -0.25) is 9.36 Å². The molecular weight excluding hydrogens is 420 g/mol. The summed E-state index contributed by atoms with van der Waals surface area (Å²) in [4.78, 5) is 20.7. The van der Waals surface area contributed by atoms with Crippen molar-refractivity contribution < 1.29 is 0 Å². The number of rotatable bonds is 5. The molecule has 31 heavy (non-hydrogen) atoms. The normalized spacial score (nSPS) is 14.1. The molecule has 0 bridgehead atoms. The van der Waals surface area contributed by atoms with Gasteiger partial charge in [0, 0.05) is 17.2 Å². The fourth-order valence-corrected chi connectivity index (χ4v) is 6.92. The van der Waals surface area contributed by atoms with E-state index in [1.54, 1.807) is 29.2 Å². The smallest absolute Gasteiger partial charge is 0.263 e. The highest BCUT2D eigenvalue weighted by Crippen LogP contribution is 2.36. The molecule has 0 fully saturated rings. The molecule has 4 rings (SSSR count). The van der Waals surface area contributed by atoms with Crippen LogP contribution in [0.3, 0.4) is 0 Å². The van der Waals surface area contributed by atoms with Gasteiger partial charge >= 0.3 is 0 Å². The lowest BCUT2D eigenvalue weighted by molar-refractivity contribution is 0.589. The number of nitrogens with zero attached hydrogens (tertiary/aromatic N) is 2. The molecule has 0 atom stereocenters. The summed E-state index contributed by atoms with van der Waals surface area (Å²) in [6, 6.07) is 4.62. The highest BCUT2D eigenvalue weighted by molar-refractivity contribution is 7.98. The van der Waals surface area contributed by atoms with Gasteiger partial charge in [-0.15, -0.1) is 17.9 Å². The summed E-state index contributed by atoms with van der Waals surface area (Å²) in [5.41, 5.74) is 6.80. The quantitative estimate of drug-likeness (QED) is 0.244. The third-order valence-electron chi connectivity index (χ3n) is 6.26. The maximum atomic E-state index is 13.4. The van der Waals surface area contributed by atoms with Crippen molar-refractivity contribution in [3.05, 3.63) is 67.8 Å². The molecule has 0 N–H and O–H groups in total. The van der Waals surface area contributed by atoms with Crippen LogP contribution >= 0.6 is 23.1 Å². The standard InChI is InChI=1S/C26H32N2OS2/c1-7-12-28-24(29)22-19-10-8-9-11-21(19)31-23(22)27-25(28)30-15-20-16(2)13-18(14-17(20)3)26(4,5)6/h7,13-14H,1,8-12,15H2,2-6H3. The number of fused-ring (bicyclic) bond motifs is 3. The molecular formula is C26H32N2OS2. The Bertz CT molecular complexity index is 1190. The molecule has 0 spiro atoms. The predicted molar refractivity (Wildman–Crippen MR) is 135 cm³/mol. The largest absolute Gasteiger partial charge is 0.283 e. The SMILES string of the molecule is C=CCn1c(SCc2c(C)cc(C(C)(C)C)cc2C)nc2sc3c(c2c1=O)CCCC3. The summed E-state index contributed by atoms with van der Waals surface area (Å²) in [6.45, 7) is 15.5. The van der Waals surface area contributed by atoms with Gasteiger partial charge in [0.2, 0.25) is 0 Å². The Balaban J connectivity index is 1.73. The number of thiophene rings is 1. The number of hydrogen-bond donors (Lipinski definition) is 0. The molecule has 3 nitrogen and oxygen atoms in total. The zero-order valence-corrected chi connectivity index (χ0v) is 20.9. The van der Waals surface area contributed by atoms with Crippen LogP contribution in [0.4, 0.5) is 0 Å². The van der Waals surface area contributed by atoms with Crippen LogP contribution < -0.4 is 5.56 Å². The van der Waals surface area contributed by atoms with E-state index in [9.17, 15) is 4.79 Å². The summed E-state index contributed by atoms with van der Waals surface area (Å²) in [5.74, 6) is 0.808. The van der Waals surface area contributed by atoms with Gasteiger partial charge in [0.15, 0.2) is 5.16 Å². The van der Waals surface area contributed by atoms with E-state index in [0.29, 0.717) is 6.54 Å². The van der Waals surface area contributed by atoms with E-state index < -0.39 is 0 Å². The summed E-state index contributed by atoms with van der Waals surface area (Å²) in [5, 5.41) is 1.66. The van der Waals surface area contributed by atoms with Gasteiger partial charge < -0.3 is 0 Å². The van der Waals surface area contributed by atoms with Gasteiger partial charge in [-0.05, 0) is 72.8 Å². The molecule has 0 radical (unpaired) electrons. The molecule has 5 heteroatoms. The molecule has 2 aromatic heterocycles. The highest BCUT2D eigenvalue weighted by Gasteiger charge is 2.22. The van der Waals surface area contributed by atoms with Crippen molar-refractivity contribution in [3.63, 3.8) is 0 Å². The van der Waals surface area contributed by atoms with Gasteiger partial charge in [0.05, 0.1) is 5.39 Å². The monoisotopic (exact) mass is 452 g/mol. The van der Waals surface area contributed by atoms with Gasteiger partial charge in [-0.2, -0.15) is 0 Å². The van der Waals surface area contributed by atoms with E-state index in [-0.39, 0.29) is 11.0 Å². The van der Waals surface area contributed by atoms with Crippen LogP contribution in [0, 0.1) is 13.8 Å². The number of thioether (sulfide) groups is 1. The summed E-state index contributed by atoms with van der Waals surface area (Å²) >= 11 is 3.39. The van der Waals surface area contributed by atoms with Gasteiger partial charge in [-0.1, -0.05) is 50.7 Å². The zero-order valence-electron chi connectivity index (χ0n) is 19.3.